The monoisotopic (exact) mass is 297 g/mol. The fourth-order valence-corrected chi connectivity index (χ4v) is 2.08. The van der Waals surface area contributed by atoms with E-state index in [9.17, 15) is 18.0 Å². The highest BCUT2D eigenvalue weighted by atomic mass is 32.2. The van der Waals surface area contributed by atoms with E-state index in [4.69, 9.17) is 0 Å². The van der Waals surface area contributed by atoms with Gasteiger partial charge in [0.25, 0.3) is 5.56 Å². The molecule has 0 fully saturated rings. The van der Waals surface area contributed by atoms with Crippen LogP contribution in [-0.2, 0) is 25.9 Å². The van der Waals surface area contributed by atoms with Crippen LogP contribution in [0.3, 0.4) is 0 Å². The van der Waals surface area contributed by atoms with Gasteiger partial charge in [0.15, 0.2) is 0 Å². The normalized spacial score (nSPS) is 11.5. The van der Waals surface area contributed by atoms with Gasteiger partial charge < -0.3 is 4.74 Å². The van der Waals surface area contributed by atoms with E-state index in [1.54, 1.807) is 0 Å². The molecule has 0 unspecified atom stereocenters. The third-order valence-corrected chi connectivity index (χ3v) is 3.41. The molecule has 0 N–H and O–H groups in total. The van der Waals surface area contributed by atoms with E-state index in [1.807, 2.05) is 0 Å². The first kappa shape index (κ1) is 14.1. The summed E-state index contributed by atoms with van der Waals surface area (Å²) in [5.74, 6) is -0.640. The molecule has 2 heterocycles. The van der Waals surface area contributed by atoms with Crippen molar-refractivity contribution in [2.45, 2.75) is 11.7 Å². The van der Waals surface area contributed by atoms with Gasteiger partial charge in [-0.05, 0) is 6.07 Å². The predicted octanol–water partition coefficient (Wildman–Crippen LogP) is -0.632. The third kappa shape index (κ3) is 2.67. The fourth-order valence-electron chi connectivity index (χ4n) is 1.58. The van der Waals surface area contributed by atoms with E-state index in [-0.39, 0.29) is 12.2 Å². The highest BCUT2D eigenvalue weighted by molar-refractivity contribution is 7.90. The summed E-state index contributed by atoms with van der Waals surface area (Å²) in [7, 11) is -2.42. The van der Waals surface area contributed by atoms with Crippen LogP contribution < -0.4 is 5.56 Å². The first-order valence-electron chi connectivity index (χ1n) is 5.46. The Hall–Kier alpha value is -2.29. The van der Waals surface area contributed by atoms with Crippen LogP contribution in [0, 0.1) is 0 Å². The zero-order valence-electron chi connectivity index (χ0n) is 10.7. The maximum Gasteiger partial charge on any atom is 0.325 e. The molecule has 0 aliphatic carbocycles. The Balaban J connectivity index is 2.74. The van der Waals surface area contributed by atoms with E-state index in [2.05, 4.69) is 14.7 Å². The quantitative estimate of drug-likeness (QED) is 0.548. The number of methoxy groups -OCH3 is 1. The average molecular weight is 297 g/mol. The first-order valence-corrected chi connectivity index (χ1v) is 7.35. The molecule has 2 aromatic heterocycles. The summed E-state index contributed by atoms with van der Waals surface area (Å²) in [6, 6.07) is 2.70. The van der Waals surface area contributed by atoms with Crippen molar-refractivity contribution in [2.24, 2.45) is 0 Å². The number of aromatic nitrogens is 3. The molecule has 0 radical (unpaired) electrons. The second-order valence-electron chi connectivity index (χ2n) is 4.04. The lowest BCUT2D eigenvalue weighted by atomic mass is 10.3. The number of hydrogen-bond acceptors (Lipinski definition) is 7. The molecule has 2 aromatic rings. The Morgan fingerprint density at radius 2 is 2.10 bits per heavy atom. The molecule has 8 nitrogen and oxygen atoms in total. The van der Waals surface area contributed by atoms with Gasteiger partial charge in [-0.2, -0.15) is 4.98 Å². The van der Waals surface area contributed by atoms with Gasteiger partial charge in [0.05, 0.1) is 7.11 Å². The molecule has 0 spiro atoms. The summed E-state index contributed by atoms with van der Waals surface area (Å²) in [5.41, 5.74) is -0.417. The minimum absolute atomic E-state index is 0.0679. The van der Waals surface area contributed by atoms with Crippen molar-refractivity contribution in [3.05, 3.63) is 28.7 Å². The highest BCUT2D eigenvalue weighted by Gasteiger charge is 2.15. The number of hydrogen-bond donors (Lipinski definition) is 0. The number of sulfone groups is 1. The number of ether oxygens (including phenoxy) is 1. The first-order chi connectivity index (χ1) is 9.32. The van der Waals surface area contributed by atoms with E-state index in [0.29, 0.717) is 5.39 Å². The second kappa shape index (κ2) is 5.00. The zero-order valence-corrected chi connectivity index (χ0v) is 11.5. The Bertz CT molecular complexity index is 841. The fraction of sp³-hybridized carbons (Fsp3) is 0.273. The minimum atomic E-state index is -3.61. The molecular weight excluding hydrogens is 286 g/mol. The largest absolute Gasteiger partial charge is 0.468 e. The maximum absolute atomic E-state index is 11.8. The molecule has 0 aliphatic heterocycles. The predicted molar refractivity (Wildman–Crippen MR) is 68.9 cm³/mol. The van der Waals surface area contributed by atoms with Gasteiger partial charge in [0.1, 0.15) is 12.2 Å². The molecule has 0 amide bonds. The van der Waals surface area contributed by atoms with Crippen LogP contribution in [0.25, 0.3) is 11.0 Å². The number of carbonyl (C=O) groups is 1. The highest BCUT2D eigenvalue weighted by Crippen LogP contribution is 2.11. The van der Waals surface area contributed by atoms with Gasteiger partial charge in [-0.1, -0.05) is 0 Å². The maximum atomic E-state index is 11.8. The summed E-state index contributed by atoms with van der Waals surface area (Å²) in [5, 5.41) is 0.0371. The second-order valence-corrected chi connectivity index (χ2v) is 5.95. The molecule has 0 bridgehead atoms. The van der Waals surface area contributed by atoms with Gasteiger partial charge >= 0.3 is 5.97 Å². The van der Waals surface area contributed by atoms with Gasteiger partial charge in [0, 0.05) is 23.9 Å². The molecule has 20 heavy (non-hydrogen) atoms. The van der Waals surface area contributed by atoms with Crippen molar-refractivity contribution in [2.75, 3.05) is 13.4 Å². The third-order valence-electron chi connectivity index (χ3n) is 2.55. The Labute approximate surface area is 114 Å². The molecule has 0 aliphatic rings. The van der Waals surface area contributed by atoms with Crippen molar-refractivity contribution in [3.63, 3.8) is 0 Å². The molecule has 0 aromatic carbocycles. The molecule has 0 atom stereocenters. The lowest BCUT2D eigenvalue weighted by molar-refractivity contribution is -0.141. The van der Waals surface area contributed by atoms with Crippen LogP contribution in [0.5, 0.6) is 0 Å². The summed E-state index contributed by atoms with van der Waals surface area (Å²) in [6.07, 6.45) is 2.24. The molecule has 0 saturated heterocycles. The lowest BCUT2D eigenvalue weighted by Crippen LogP contribution is -2.25. The number of carbonyl (C=O) groups excluding carboxylic acids is 1. The van der Waals surface area contributed by atoms with Crippen molar-refractivity contribution in [3.8, 4) is 0 Å². The number of esters is 1. The molecule has 2 rings (SSSR count). The van der Waals surface area contributed by atoms with E-state index in [0.717, 1.165) is 10.8 Å². The van der Waals surface area contributed by atoms with Gasteiger partial charge in [-0.15, -0.1) is 0 Å². The van der Waals surface area contributed by atoms with Gasteiger partial charge in [-0.3, -0.25) is 14.2 Å². The van der Waals surface area contributed by atoms with Gasteiger partial charge in [0.2, 0.25) is 15.0 Å². The van der Waals surface area contributed by atoms with Crippen LogP contribution in [-0.4, -0.2) is 42.3 Å². The van der Waals surface area contributed by atoms with E-state index >= 15 is 0 Å². The van der Waals surface area contributed by atoms with E-state index in [1.165, 1.54) is 25.4 Å². The molecule has 106 valence electrons. The van der Waals surface area contributed by atoms with Crippen molar-refractivity contribution in [1.29, 1.82) is 0 Å². The average Bonchev–Trinajstić information content (AvgIpc) is 2.40. The topological polar surface area (TPSA) is 108 Å². The van der Waals surface area contributed by atoms with Gasteiger partial charge in [-0.25, -0.2) is 13.4 Å². The van der Waals surface area contributed by atoms with Crippen LogP contribution in [0.1, 0.15) is 0 Å². The Morgan fingerprint density at radius 3 is 2.70 bits per heavy atom. The number of nitrogens with zero attached hydrogens (tertiary/aromatic N) is 3. The summed E-state index contributed by atoms with van der Waals surface area (Å²) >= 11 is 0. The van der Waals surface area contributed by atoms with Crippen molar-refractivity contribution < 1.29 is 17.9 Å². The summed E-state index contributed by atoms with van der Waals surface area (Å²) in [4.78, 5) is 30.7. The number of rotatable bonds is 3. The molecule has 9 heteroatoms. The van der Waals surface area contributed by atoms with E-state index < -0.39 is 26.5 Å². The lowest BCUT2D eigenvalue weighted by Gasteiger charge is -2.08. The van der Waals surface area contributed by atoms with Crippen molar-refractivity contribution >= 4 is 26.8 Å². The van der Waals surface area contributed by atoms with Crippen LogP contribution in [0.4, 0.5) is 0 Å². The Kier molecular flexibility index (Phi) is 3.53. The smallest absolute Gasteiger partial charge is 0.325 e. The van der Waals surface area contributed by atoms with Crippen LogP contribution in [0.2, 0.25) is 0 Å². The number of fused-ring (bicyclic) bond motifs is 1. The molecular formula is C11H11N3O5S. The van der Waals surface area contributed by atoms with Crippen LogP contribution in [0.15, 0.2) is 28.3 Å². The standard InChI is InChI=1S/C11H11N3O5S/c1-19-9(16)6-14-8(15)4-3-7-5-12-11(13-10(7)14)20(2,17)18/h3-5H,6H2,1-2H3. The SMILES string of the molecule is COC(=O)Cn1c(=O)ccc2cnc(S(C)(=O)=O)nc21. The summed E-state index contributed by atoms with van der Waals surface area (Å²) in [6.45, 7) is -0.354. The zero-order chi connectivity index (χ0) is 14.9. The minimum Gasteiger partial charge on any atom is -0.468 e. The number of pyridine rings is 1. The van der Waals surface area contributed by atoms with Crippen LogP contribution >= 0.6 is 0 Å². The van der Waals surface area contributed by atoms with Crippen molar-refractivity contribution in [1.82, 2.24) is 14.5 Å². The molecule has 0 saturated carbocycles. The Morgan fingerprint density at radius 1 is 1.40 bits per heavy atom. The summed E-state index contributed by atoms with van der Waals surface area (Å²) < 4.78 is 28.4.